The Morgan fingerprint density at radius 2 is 1.77 bits per heavy atom. The average Bonchev–Trinajstić information content (AvgIpc) is 2.47. The number of carbonyl (C=O) groups is 2. The monoisotopic (exact) mass is 326 g/mol. The molecule has 2 amide bonds. The molecule has 1 aromatic rings. The van der Waals surface area contributed by atoms with Crippen molar-refractivity contribution in [3.8, 4) is 0 Å². The molecular formula is C14H18N2O5S. The van der Waals surface area contributed by atoms with Crippen LogP contribution in [0.4, 0.5) is 4.79 Å². The fourth-order valence-corrected chi connectivity index (χ4v) is 3.58. The molecule has 8 heteroatoms. The maximum absolute atomic E-state index is 12.0. The molecule has 0 spiro atoms. The molecule has 1 fully saturated rings. The fourth-order valence-electron chi connectivity index (χ4n) is 2.40. The summed E-state index contributed by atoms with van der Waals surface area (Å²) in [7, 11) is -3.74. The zero-order chi connectivity index (χ0) is 16.2. The standard InChI is InChI=1S/C14H18N2O5S/c17-13(12-6-8-16(9-7-12)14(18)19)15-22(20,21)10-11-4-2-1-3-5-11/h1-5,12H,6-10H2,(H,15,17)(H,18,19). The zero-order valence-electron chi connectivity index (χ0n) is 11.9. The van der Waals surface area contributed by atoms with E-state index in [1.807, 2.05) is 0 Å². The third-order valence-electron chi connectivity index (χ3n) is 3.59. The van der Waals surface area contributed by atoms with Crippen LogP contribution in [-0.4, -0.2) is 43.5 Å². The molecule has 0 radical (unpaired) electrons. The van der Waals surface area contributed by atoms with Crippen LogP contribution in [0, 0.1) is 5.92 Å². The van der Waals surface area contributed by atoms with Crippen LogP contribution in [0.3, 0.4) is 0 Å². The van der Waals surface area contributed by atoms with Gasteiger partial charge in [0.15, 0.2) is 0 Å². The van der Waals surface area contributed by atoms with Crippen LogP contribution < -0.4 is 4.72 Å². The summed E-state index contributed by atoms with van der Waals surface area (Å²) >= 11 is 0. The van der Waals surface area contributed by atoms with Gasteiger partial charge in [-0.15, -0.1) is 0 Å². The lowest BCUT2D eigenvalue weighted by molar-refractivity contribution is -0.124. The summed E-state index contributed by atoms with van der Waals surface area (Å²) in [6.45, 7) is 0.484. The molecule has 1 aromatic carbocycles. The lowest BCUT2D eigenvalue weighted by Gasteiger charge is -2.29. The molecule has 22 heavy (non-hydrogen) atoms. The van der Waals surface area contributed by atoms with Crippen LogP contribution in [0.2, 0.25) is 0 Å². The second-order valence-corrected chi connectivity index (χ2v) is 6.98. The van der Waals surface area contributed by atoms with Gasteiger partial charge in [0.25, 0.3) is 0 Å². The number of hydrogen-bond donors (Lipinski definition) is 2. The molecule has 2 N–H and O–H groups in total. The van der Waals surface area contributed by atoms with Crippen LogP contribution in [0.15, 0.2) is 30.3 Å². The van der Waals surface area contributed by atoms with Crippen molar-refractivity contribution in [1.29, 1.82) is 0 Å². The van der Waals surface area contributed by atoms with Crippen molar-refractivity contribution >= 4 is 22.0 Å². The summed E-state index contributed by atoms with van der Waals surface area (Å²) < 4.78 is 26.1. The molecule has 7 nitrogen and oxygen atoms in total. The number of nitrogens with one attached hydrogen (secondary N) is 1. The molecule has 1 aliphatic heterocycles. The Labute approximate surface area is 129 Å². The molecule has 0 atom stereocenters. The smallest absolute Gasteiger partial charge is 0.407 e. The van der Waals surface area contributed by atoms with Gasteiger partial charge in [0, 0.05) is 19.0 Å². The fraction of sp³-hybridized carbons (Fsp3) is 0.429. The zero-order valence-corrected chi connectivity index (χ0v) is 12.8. The summed E-state index contributed by atoms with van der Waals surface area (Å²) in [5.74, 6) is -1.28. The average molecular weight is 326 g/mol. The van der Waals surface area contributed by atoms with Gasteiger partial charge >= 0.3 is 6.09 Å². The van der Waals surface area contributed by atoms with Crippen molar-refractivity contribution in [2.24, 2.45) is 5.92 Å². The van der Waals surface area contributed by atoms with Crippen LogP contribution in [0.25, 0.3) is 0 Å². The van der Waals surface area contributed by atoms with E-state index in [1.54, 1.807) is 30.3 Å². The molecular weight excluding hydrogens is 308 g/mol. The number of piperidine rings is 1. The quantitative estimate of drug-likeness (QED) is 0.860. The first-order valence-corrected chi connectivity index (χ1v) is 8.59. The van der Waals surface area contributed by atoms with E-state index in [0.717, 1.165) is 0 Å². The van der Waals surface area contributed by atoms with Crippen molar-refractivity contribution in [1.82, 2.24) is 9.62 Å². The maximum atomic E-state index is 12.0. The third-order valence-corrected chi connectivity index (χ3v) is 4.82. The Bertz CT molecular complexity index is 636. The highest BCUT2D eigenvalue weighted by molar-refractivity contribution is 7.89. The molecule has 0 aromatic heterocycles. The van der Waals surface area contributed by atoms with Gasteiger partial charge in [0.2, 0.25) is 15.9 Å². The van der Waals surface area contributed by atoms with Crippen LogP contribution in [0.1, 0.15) is 18.4 Å². The van der Waals surface area contributed by atoms with Crippen molar-refractivity contribution < 1.29 is 23.1 Å². The van der Waals surface area contributed by atoms with Crippen LogP contribution >= 0.6 is 0 Å². The highest BCUT2D eigenvalue weighted by Crippen LogP contribution is 2.18. The number of carbonyl (C=O) groups excluding carboxylic acids is 1. The van der Waals surface area contributed by atoms with Crippen LogP contribution in [-0.2, 0) is 20.6 Å². The van der Waals surface area contributed by atoms with E-state index in [-0.39, 0.29) is 18.8 Å². The van der Waals surface area contributed by atoms with E-state index in [0.29, 0.717) is 18.4 Å². The largest absolute Gasteiger partial charge is 0.465 e. The number of benzene rings is 1. The van der Waals surface area contributed by atoms with Gasteiger partial charge in [-0.05, 0) is 18.4 Å². The van der Waals surface area contributed by atoms with Gasteiger partial charge in [-0.2, -0.15) is 0 Å². The predicted octanol–water partition coefficient (Wildman–Crippen LogP) is 1.02. The molecule has 0 unspecified atom stereocenters. The Kier molecular flexibility index (Phi) is 5.02. The number of hydrogen-bond acceptors (Lipinski definition) is 4. The highest BCUT2D eigenvalue weighted by atomic mass is 32.2. The van der Waals surface area contributed by atoms with E-state index in [2.05, 4.69) is 4.72 Å². The predicted molar refractivity (Wildman–Crippen MR) is 79.5 cm³/mol. The molecule has 0 aliphatic carbocycles. The Morgan fingerprint density at radius 1 is 1.18 bits per heavy atom. The first kappa shape index (κ1) is 16.3. The Morgan fingerprint density at radius 3 is 2.32 bits per heavy atom. The minimum absolute atomic E-state index is 0.242. The number of rotatable bonds is 4. The molecule has 2 rings (SSSR count). The Hall–Kier alpha value is -2.09. The summed E-state index contributed by atoms with van der Waals surface area (Å²) in [5, 5.41) is 8.84. The van der Waals surface area contributed by atoms with Crippen molar-refractivity contribution in [3.63, 3.8) is 0 Å². The van der Waals surface area contributed by atoms with Crippen LogP contribution in [0.5, 0.6) is 0 Å². The molecule has 1 aliphatic rings. The lowest BCUT2D eigenvalue weighted by Crippen LogP contribution is -2.44. The summed E-state index contributed by atoms with van der Waals surface area (Å²) in [5.41, 5.74) is 0.600. The van der Waals surface area contributed by atoms with Gasteiger partial charge < -0.3 is 10.0 Å². The van der Waals surface area contributed by atoms with E-state index >= 15 is 0 Å². The first-order chi connectivity index (χ1) is 10.4. The molecule has 1 heterocycles. The molecule has 0 saturated carbocycles. The number of carboxylic acid groups (broad SMARTS) is 1. The van der Waals surface area contributed by atoms with Gasteiger partial charge in [-0.3, -0.25) is 9.52 Å². The van der Waals surface area contributed by atoms with Gasteiger partial charge in [0.1, 0.15) is 0 Å². The first-order valence-electron chi connectivity index (χ1n) is 6.93. The van der Waals surface area contributed by atoms with Crippen molar-refractivity contribution in [2.75, 3.05) is 13.1 Å². The van der Waals surface area contributed by atoms with E-state index in [1.165, 1.54) is 4.90 Å². The lowest BCUT2D eigenvalue weighted by atomic mass is 9.97. The van der Waals surface area contributed by atoms with Gasteiger partial charge in [0.05, 0.1) is 5.75 Å². The highest BCUT2D eigenvalue weighted by Gasteiger charge is 2.29. The summed E-state index contributed by atoms with van der Waals surface area (Å²) in [4.78, 5) is 24.0. The number of likely N-dealkylation sites (tertiary alicyclic amines) is 1. The van der Waals surface area contributed by atoms with Gasteiger partial charge in [-0.1, -0.05) is 30.3 Å². The van der Waals surface area contributed by atoms with E-state index in [9.17, 15) is 18.0 Å². The molecule has 120 valence electrons. The molecule has 1 saturated heterocycles. The molecule has 0 bridgehead atoms. The summed E-state index contributed by atoms with van der Waals surface area (Å²) in [6.07, 6.45) is -0.353. The second kappa shape index (κ2) is 6.78. The Balaban J connectivity index is 1.90. The van der Waals surface area contributed by atoms with Crippen molar-refractivity contribution in [3.05, 3.63) is 35.9 Å². The topological polar surface area (TPSA) is 104 Å². The minimum Gasteiger partial charge on any atom is -0.465 e. The normalized spacial score (nSPS) is 16.3. The summed E-state index contributed by atoms with van der Waals surface area (Å²) in [6, 6.07) is 8.59. The number of amides is 2. The minimum atomic E-state index is -3.74. The number of sulfonamides is 1. The maximum Gasteiger partial charge on any atom is 0.407 e. The SMILES string of the molecule is O=C(NS(=O)(=O)Cc1ccccc1)C1CCN(C(=O)O)CC1. The van der Waals surface area contributed by atoms with E-state index < -0.39 is 27.9 Å². The van der Waals surface area contributed by atoms with Gasteiger partial charge in [-0.25, -0.2) is 13.2 Å². The van der Waals surface area contributed by atoms with E-state index in [4.69, 9.17) is 5.11 Å². The van der Waals surface area contributed by atoms with Crippen molar-refractivity contribution in [2.45, 2.75) is 18.6 Å². The second-order valence-electron chi connectivity index (χ2n) is 5.25. The third kappa shape index (κ3) is 4.45. The number of nitrogens with zero attached hydrogens (tertiary/aromatic N) is 1.